The summed E-state index contributed by atoms with van der Waals surface area (Å²) < 4.78 is 11.9. The molecule has 32 heavy (non-hydrogen) atoms. The zero-order chi connectivity index (χ0) is 23.4. The van der Waals surface area contributed by atoms with Crippen LogP contribution in [0.25, 0.3) is 0 Å². The number of esters is 2. The lowest BCUT2D eigenvalue weighted by molar-refractivity contribution is -0.390. The molecule has 0 radical (unpaired) electrons. The van der Waals surface area contributed by atoms with Gasteiger partial charge in [-0.3, -0.25) is 0 Å². The van der Waals surface area contributed by atoms with E-state index in [1.165, 1.54) is 18.0 Å². The number of carbonyl (C=O) groups excluding carboxylic acids is 2. The van der Waals surface area contributed by atoms with Crippen molar-refractivity contribution in [3.8, 4) is 0 Å². The maximum Gasteiger partial charge on any atom is 0.385 e. The lowest BCUT2D eigenvalue weighted by atomic mass is 9.82. The van der Waals surface area contributed by atoms with Gasteiger partial charge in [0.2, 0.25) is 6.33 Å². The summed E-state index contributed by atoms with van der Waals surface area (Å²) in [5.74, 6) is -2.92. The fourth-order valence-electron chi connectivity index (χ4n) is 3.80. The number of nitro groups is 1. The number of aromatic nitrogens is 2. The van der Waals surface area contributed by atoms with Crippen LogP contribution in [-0.4, -0.2) is 40.1 Å². The Balaban J connectivity index is 2.01. The van der Waals surface area contributed by atoms with Crippen LogP contribution < -0.4 is 5.32 Å². The molecule has 168 valence electrons. The molecule has 0 saturated heterocycles. The number of imidazole rings is 1. The van der Waals surface area contributed by atoms with Gasteiger partial charge in [0.05, 0.1) is 30.8 Å². The van der Waals surface area contributed by atoms with E-state index in [1.54, 1.807) is 20.9 Å². The third-order valence-corrected chi connectivity index (χ3v) is 5.26. The summed E-state index contributed by atoms with van der Waals surface area (Å²) in [6.45, 7) is 3.40. The van der Waals surface area contributed by atoms with E-state index in [0.29, 0.717) is 17.8 Å². The first kappa shape index (κ1) is 22.7. The van der Waals surface area contributed by atoms with Crippen molar-refractivity contribution in [1.29, 1.82) is 0 Å². The summed E-state index contributed by atoms with van der Waals surface area (Å²) in [5.41, 5.74) is 2.12. The van der Waals surface area contributed by atoms with Gasteiger partial charge in [-0.1, -0.05) is 30.3 Å². The molecule has 1 aliphatic heterocycles. The Bertz CT molecular complexity index is 1120. The van der Waals surface area contributed by atoms with E-state index in [9.17, 15) is 19.7 Å². The second-order valence-electron chi connectivity index (χ2n) is 7.32. The van der Waals surface area contributed by atoms with E-state index >= 15 is 0 Å². The lowest BCUT2D eigenvalue weighted by Crippen LogP contribution is -2.33. The summed E-state index contributed by atoms with van der Waals surface area (Å²) in [6.07, 6.45) is 1.77. The molecule has 1 N–H and O–H groups in total. The van der Waals surface area contributed by atoms with Crippen LogP contribution in [0.2, 0.25) is 0 Å². The number of dihydropyridines is 1. The fourth-order valence-corrected chi connectivity index (χ4v) is 3.80. The minimum Gasteiger partial charge on any atom is -0.466 e. The molecule has 3 rings (SSSR count). The van der Waals surface area contributed by atoms with Crippen LogP contribution >= 0.6 is 0 Å². The van der Waals surface area contributed by atoms with Crippen LogP contribution in [0.15, 0.2) is 59.2 Å². The number of ether oxygens (including phenoxy) is 2. The van der Waals surface area contributed by atoms with Gasteiger partial charge in [0.1, 0.15) is 5.69 Å². The van der Waals surface area contributed by atoms with Gasteiger partial charge in [0.25, 0.3) is 0 Å². The number of hydrogen-bond acceptors (Lipinski definition) is 8. The van der Waals surface area contributed by atoms with E-state index in [-0.39, 0.29) is 23.4 Å². The van der Waals surface area contributed by atoms with Gasteiger partial charge in [-0.05, 0) is 29.3 Å². The molecule has 0 saturated carbocycles. The first-order valence-corrected chi connectivity index (χ1v) is 9.89. The first-order chi connectivity index (χ1) is 15.3. The highest BCUT2D eigenvalue weighted by Crippen LogP contribution is 2.42. The standard InChI is InChI=1S/C22H24N4O6/c1-13-16(21(27)31-4)18(19-20(26(29)30)23-12-25(19)3)17(14(2)24-13)22(28)32-11-10-15-8-6-5-7-9-15/h5-9,12,18,24H,10-11H2,1-4H3. The number of nitrogens with zero attached hydrogens (tertiary/aromatic N) is 3. The second kappa shape index (κ2) is 9.46. The monoisotopic (exact) mass is 440 g/mol. The van der Waals surface area contributed by atoms with Gasteiger partial charge < -0.3 is 29.5 Å². The van der Waals surface area contributed by atoms with Gasteiger partial charge >= 0.3 is 17.8 Å². The van der Waals surface area contributed by atoms with E-state index in [2.05, 4.69) is 10.3 Å². The molecule has 10 heteroatoms. The zero-order valence-corrected chi connectivity index (χ0v) is 18.2. The van der Waals surface area contributed by atoms with Crippen molar-refractivity contribution < 1.29 is 24.0 Å². The summed E-state index contributed by atoms with van der Waals surface area (Å²) in [5, 5.41) is 14.6. The predicted octanol–water partition coefficient (Wildman–Crippen LogP) is 2.52. The molecule has 1 unspecified atom stereocenters. The van der Waals surface area contributed by atoms with Crippen molar-refractivity contribution in [2.75, 3.05) is 13.7 Å². The average molecular weight is 440 g/mol. The van der Waals surface area contributed by atoms with Gasteiger partial charge in [-0.2, -0.15) is 0 Å². The molecule has 0 bridgehead atoms. The Morgan fingerprint density at radius 3 is 2.38 bits per heavy atom. The largest absolute Gasteiger partial charge is 0.466 e. The Morgan fingerprint density at radius 1 is 1.16 bits per heavy atom. The molecule has 1 atom stereocenters. The Morgan fingerprint density at radius 2 is 1.78 bits per heavy atom. The number of hydrogen-bond donors (Lipinski definition) is 1. The van der Waals surface area contributed by atoms with Crippen LogP contribution in [0.1, 0.15) is 31.0 Å². The smallest absolute Gasteiger partial charge is 0.385 e. The average Bonchev–Trinajstić information content (AvgIpc) is 3.14. The SMILES string of the molecule is COC(=O)C1=C(C)NC(C)=C(C(=O)OCCc2ccccc2)C1c1c([N+](=O)[O-])ncn1C. The van der Waals surface area contributed by atoms with Crippen LogP contribution in [0.3, 0.4) is 0 Å². The normalized spacial score (nSPS) is 15.9. The highest BCUT2D eigenvalue weighted by molar-refractivity contribution is 6.00. The van der Waals surface area contributed by atoms with Crippen molar-refractivity contribution in [1.82, 2.24) is 14.9 Å². The Labute approximate surface area is 184 Å². The maximum absolute atomic E-state index is 13.2. The van der Waals surface area contributed by atoms with E-state index in [4.69, 9.17) is 9.47 Å². The minimum absolute atomic E-state index is 0.0832. The molecular weight excluding hydrogens is 416 g/mol. The molecular formula is C22H24N4O6. The number of rotatable bonds is 7. The van der Waals surface area contributed by atoms with Gasteiger partial charge in [-0.15, -0.1) is 0 Å². The molecule has 1 aromatic carbocycles. The molecule has 0 amide bonds. The predicted molar refractivity (Wildman–Crippen MR) is 114 cm³/mol. The first-order valence-electron chi connectivity index (χ1n) is 9.89. The number of nitrogens with one attached hydrogen (secondary N) is 1. The zero-order valence-electron chi connectivity index (χ0n) is 18.2. The van der Waals surface area contributed by atoms with Crippen LogP contribution in [0, 0.1) is 10.1 Å². The third kappa shape index (κ3) is 4.39. The molecule has 10 nitrogen and oxygen atoms in total. The third-order valence-electron chi connectivity index (χ3n) is 5.26. The number of methoxy groups -OCH3 is 1. The molecule has 1 aromatic heterocycles. The summed E-state index contributed by atoms with van der Waals surface area (Å²) in [6, 6.07) is 9.52. The maximum atomic E-state index is 13.2. The Kier molecular flexibility index (Phi) is 6.72. The second-order valence-corrected chi connectivity index (χ2v) is 7.32. The quantitative estimate of drug-likeness (QED) is 0.395. The summed E-state index contributed by atoms with van der Waals surface area (Å²) >= 11 is 0. The number of benzene rings is 1. The van der Waals surface area contributed by atoms with Crippen LogP contribution in [0.4, 0.5) is 5.82 Å². The minimum atomic E-state index is -1.08. The summed E-state index contributed by atoms with van der Waals surface area (Å²) in [7, 11) is 2.77. The van der Waals surface area contributed by atoms with Crippen molar-refractivity contribution in [2.45, 2.75) is 26.2 Å². The fraction of sp³-hybridized carbons (Fsp3) is 0.318. The molecule has 2 heterocycles. The molecule has 1 aliphatic rings. The molecule has 2 aromatic rings. The van der Waals surface area contributed by atoms with Gasteiger partial charge in [-0.25, -0.2) is 9.59 Å². The van der Waals surface area contributed by atoms with Crippen molar-refractivity contribution in [2.24, 2.45) is 7.05 Å². The molecule has 0 spiro atoms. The lowest BCUT2D eigenvalue weighted by Gasteiger charge is -2.29. The van der Waals surface area contributed by atoms with Gasteiger partial charge in [0.15, 0.2) is 0 Å². The number of aryl methyl sites for hydroxylation is 1. The topological polar surface area (TPSA) is 126 Å². The van der Waals surface area contributed by atoms with Crippen LogP contribution in [0.5, 0.6) is 0 Å². The van der Waals surface area contributed by atoms with Crippen molar-refractivity contribution in [3.63, 3.8) is 0 Å². The molecule has 0 fully saturated rings. The van der Waals surface area contributed by atoms with Gasteiger partial charge in [0, 0.05) is 24.9 Å². The number of carbonyl (C=O) groups is 2. The summed E-state index contributed by atoms with van der Waals surface area (Å²) in [4.78, 5) is 40.7. The van der Waals surface area contributed by atoms with E-state index in [1.807, 2.05) is 30.3 Å². The Hall–Kier alpha value is -3.95. The number of allylic oxidation sites excluding steroid dienone is 2. The van der Waals surface area contributed by atoms with E-state index in [0.717, 1.165) is 5.56 Å². The highest BCUT2D eigenvalue weighted by atomic mass is 16.6. The van der Waals surface area contributed by atoms with E-state index < -0.39 is 28.6 Å². The molecule has 0 aliphatic carbocycles. The van der Waals surface area contributed by atoms with Crippen molar-refractivity contribution >= 4 is 17.8 Å². The van der Waals surface area contributed by atoms with Crippen molar-refractivity contribution in [3.05, 3.63) is 80.6 Å². The van der Waals surface area contributed by atoms with Crippen LogP contribution in [-0.2, 0) is 32.5 Å². The highest BCUT2D eigenvalue weighted by Gasteiger charge is 2.43.